The van der Waals surface area contributed by atoms with Crippen molar-refractivity contribution in [3.63, 3.8) is 0 Å². The van der Waals surface area contributed by atoms with Gasteiger partial charge in [0.2, 0.25) is 0 Å². The predicted molar refractivity (Wildman–Crippen MR) is 89.7 cm³/mol. The molecule has 0 amide bonds. The molecule has 0 bridgehead atoms. The topological polar surface area (TPSA) is 17.8 Å². The van der Waals surface area contributed by atoms with Crippen molar-refractivity contribution < 1.29 is 13.2 Å². The highest BCUT2D eigenvalue weighted by atomic mass is 35.5. The van der Waals surface area contributed by atoms with Crippen LogP contribution in [-0.2, 0) is 6.54 Å². The molecule has 1 aromatic carbocycles. The summed E-state index contributed by atoms with van der Waals surface area (Å²) >= 11 is 5.81. The lowest BCUT2D eigenvalue weighted by Crippen LogP contribution is -2.18. The van der Waals surface area contributed by atoms with Crippen molar-refractivity contribution in [2.45, 2.75) is 53.3 Å². The molecule has 3 rings (SSSR count). The van der Waals surface area contributed by atoms with E-state index in [1.165, 1.54) is 19.0 Å². The number of benzene rings is 1. The van der Waals surface area contributed by atoms with Crippen LogP contribution in [0.4, 0.5) is 13.2 Å². The van der Waals surface area contributed by atoms with Gasteiger partial charge in [0.1, 0.15) is 6.54 Å². The molecule has 0 spiro atoms. The Morgan fingerprint density at radius 2 is 1.87 bits per heavy atom. The molecule has 0 saturated heterocycles. The minimum atomic E-state index is -4.28. The van der Waals surface area contributed by atoms with Crippen LogP contribution in [0.3, 0.4) is 0 Å². The lowest BCUT2D eigenvalue weighted by molar-refractivity contribution is -0.141. The molecule has 6 heteroatoms. The number of fused-ring (bicyclic) bond motifs is 1. The van der Waals surface area contributed by atoms with E-state index in [4.69, 9.17) is 11.6 Å². The Hall–Kier alpha value is -1.23. The van der Waals surface area contributed by atoms with E-state index in [0.29, 0.717) is 15.9 Å². The van der Waals surface area contributed by atoms with E-state index in [0.717, 1.165) is 16.5 Å². The van der Waals surface area contributed by atoms with Crippen LogP contribution < -0.4 is 0 Å². The van der Waals surface area contributed by atoms with Gasteiger partial charge >= 0.3 is 6.18 Å². The van der Waals surface area contributed by atoms with Crippen LogP contribution in [0.1, 0.15) is 40.5 Å². The number of nitrogens with zero attached hydrogens (tertiary/aromatic N) is 2. The number of alkyl halides is 3. The molecular formula is C17H24ClF3N2. The maximum atomic E-state index is 12.2. The van der Waals surface area contributed by atoms with Gasteiger partial charge in [-0.25, -0.2) is 0 Å². The molecule has 1 aliphatic carbocycles. The van der Waals surface area contributed by atoms with E-state index < -0.39 is 12.7 Å². The van der Waals surface area contributed by atoms with Gasteiger partial charge in [0.05, 0.1) is 16.7 Å². The molecule has 1 fully saturated rings. The maximum Gasteiger partial charge on any atom is 0.408 e. The summed E-state index contributed by atoms with van der Waals surface area (Å²) in [6.45, 7) is 7.51. The molecule has 1 aromatic heterocycles. The SMILES string of the molecule is CC.CC(C)C1CC1.FC(F)(F)Cn1ncc2c(Cl)cccc21. The minimum absolute atomic E-state index is 0.389. The third-order valence-corrected chi connectivity index (χ3v) is 3.86. The number of hydrogen-bond acceptors (Lipinski definition) is 1. The van der Waals surface area contributed by atoms with Gasteiger partial charge in [0.25, 0.3) is 0 Å². The monoisotopic (exact) mass is 348 g/mol. The number of hydrogen-bond donors (Lipinski definition) is 0. The van der Waals surface area contributed by atoms with Crippen molar-refractivity contribution in [1.29, 1.82) is 0 Å². The predicted octanol–water partition coefficient (Wildman–Crippen LogP) is 6.33. The molecular weight excluding hydrogens is 325 g/mol. The average Bonchev–Trinajstić information content (AvgIpc) is 3.25. The van der Waals surface area contributed by atoms with Crippen molar-refractivity contribution >= 4 is 22.5 Å². The van der Waals surface area contributed by atoms with Gasteiger partial charge in [-0.1, -0.05) is 45.4 Å². The molecule has 0 radical (unpaired) electrons. The summed E-state index contributed by atoms with van der Waals surface area (Å²) in [5.74, 6) is 2.06. The standard InChI is InChI=1S/C9H6ClF3N2.C6H12.C2H6/c10-7-2-1-3-8-6(7)4-14-15(8)5-9(11,12)13;1-5(2)6-3-4-6;1-2/h1-4H,5H2;5-6H,3-4H2,1-2H3;1-2H3. The van der Waals surface area contributed by atoms with Gasteiger partial charge < -0.3 is 0 Å². The quantitative estimate of drug-likeness (QED) is 0.620. The van der Waals surface area contributed by atoms with Gasteiger partial charge in [0, 0.05) is 5.39 Å². The van der Waals surface area contributed by atoms with Crippen molar-refractivity contribution in [1.82, 2.24) is 9.78 Å². The fraction of sp³-hybridized carbons (Fsp3) is 0.588. The Labute approximate surface area is 140 Å². The summed E-state index contributed by atoms with van der Waals surface area (Å²) in [6.07, 6.45) is 0.0556. The van der Waals surface area contributed by atoms with Crippen molar-refractivity contribution in [3.05, 3.63) is 29.4 Å². The zero-order valence-electron chi connectivity index (χ0n) is 14.0. The molecule has 0 atom stereocenters. The Morgan fingerprint density at radius 1 is 1.26 bits per heavy atom. The van der Waals surface area contributed by atoms with Gasteiger partial charge in [0.15, 0.2) is 0 Å². The van der Waals surface area contributed by atoms with Crippen molar-refractivity contribution in [3.8, 4) is 0 Å². The maximum absolute atomic E-state index is 12.2. The van der Waals surface area contributed by atoms with E-state index in [1.807, 2.05) is 13.8 Å². The van der Waals surface area contributed by atoms with Crippen molar-refractivity contribution in [2.75, 3.05) is 0 Å². The van der Waals surface area contributed by atoms with E-state index in [1.54, 1.807) is 18.2 Å². The second-order valence-electron chi connectivity index (χ2n) is 5.67. The van der Waals surface area contributed by atoms with Crippen LogP contribution >= 0.6 is 11.6 Å². The second-order valence-corrected chi connectivity index (χ2v) is 6.08. The lowest BCUT2D eigenvalue weighted by Gasteiger charge is -2.07. The number of halogens is 4. The van der Waals surface area contributed by atoms with Crippen LogP contribution in [0.5, 0.6) is 0 Å². The van der Waals surface area contributed by atoms with Gasteiger partial charge in [-0.3, -0.25) is 4.68 Å². The fourth-order valence-corrected chi connectivity index (χ4v) is 2.35. The molecule has 0 aliphatic heterocycles. The summed E-state index contributed by atoms with van der Waals surface area (Å²) in [6, 6.07) is 4.77. The van der Waals surface area contributed by atoms with Gasteiger partial charge in [-0.2, -0.15) is 18.3 Å². The third kappa shape index (κ3) is 6.42. The zero-order valence-corrected chi connectivity index (χ0v) is 14.7. The van der Waals surface area contributed by atoms with E-state index in [-0.39, 0.29) is 0 Å². The Kier molecular flexibility index (Phi) is 7.39. The Morgan fingerprint density at radius 3 is 2.30 bits per heavy atom. The lowest BCUT2D eigenvalue weighted by atomic mass is 10.1. The summed E-state index contributed by atoms with van der Waals surface area (Å²) < 4.78 is 37.4. The first-order chi connectivity index (χ1) is 10.8. The van der Waals surface area contributed by atoms with E-state index in [2.05, 4.69) is 18.9 Å². The fourth-order valence-electron chi connectivity index (χ4n) is 2.13. The Bertz CT molecular complexity index is 601. The molecule has 1 saturated carbocycles. The highest BCUT2D eigenvalue weighted by Crippen LogP contribution is 2.35. The molecule has 1 heterocycles. The molecule has 0 unspecified atom stereocenters. The summed E-state index contributed by atoms with van der Waals surface area (Å²) in [5, 5.41) is 4.59. The molecule has 2 nitrogen and oxygen atoms in total. The smallest absolute Gasteiger partial charge is 0.256 e. The summed E-state index contributed by atoms with van der Waals surface area (Å²) in [4.78, 5) is 0. The highest BCUT2D eigenvalue weighted by Gasteiger charge is 2.29. The molecule has 2 aromatic rings. The zero-order chi connectivity index (χ0) is 17.6. The van der Waals surface area contributed by atoms with Crippen LogP contribution in [-0.4, -0.2) is 16.0 Å². The Balaban J connectivity index is 0.000000276. The largest absolute Gasteiger partial charge is 0.408 e. The first kappa shape index (κ1) is 19.8. The molecule has 1 aliphatic rings. The van der Waals surface area contributed by atoms with Gasteiger partial charge in [-0.05, 0) is 36.8 Å². The van der Waals surface area contributed by atoms with Gasteiger partial charge in [-0.15, -0.1) is 0 Å². The summed E-state index contributed by atoms with van der Waals surface area (Å²) in [7, 11) is 0. The first-order valence-electron chi connectivity index (χ1n) is 7.94. The molecule has 0 N–H and O–H groups in total. The van der Waals surface area contributed by atoms with Crippen LogP contribution in [0.25, 0.3) is 10.9 Å². The second kappa shape index (κ2) is 8.57. The molecule has 23 heavy (non-hydrogen) atoms. The van der Waals surface area contributed by atoms with Crippen LogP contribution in [0.15, 0.2) is 24.4 Å². The normalized spacial score (nSPS) is 14.1. The third-order valence-electron chi connectivity index (χ3n) is 3.53. The molecule has 130 valence electrons. The van der Waals surface area contributed by atoms with Crippen LogP contribution in [0.2, 0.25) is 5.02 Å². The van der Waals surface area contributed by atoms with Crippen molar-refractivity contribution in [2.24, 2.45) is 11.8 Å². The van der Waals surface area contributed by atoms with Crippen LogP contribution in [0, 0.1) is 11.8 Å². The van der Waals surface area contributed by atoms with E-state index in [9.17, 15) is 13.2 Å². The minimum Gasteiger partial charge on any atom is -0.256 e. The number of rotatable bonds is 2. The average molecular weight is 349 g/mol. The number of aromatic nitrogens is 2. The first-order valence-corrected chi connectivity index (χ1v) is 8.32. The summed E-state index contributed by atoms with van der Waals surface area (Å²) in [5.41, 5.74) is 0.389. The van der Waals surface area contributed by atoms with E-state index >= 15 is 0 Å². The highest BCUT2D eigenvalue weighted by molar-refractivity contribution is 6.35.